The molecule has 0 aliphatic heterocycles. The molecule has 5 nitrogen and oxygen atoms in total. The van der Waals surface area contributed by atoms with Gasteiger partial charge in [0, 0.05) is 6.10 Å². The SMILES string of the molecule is C=C1CC[C@H](O[Si](C)(C)C(C)(C)C)C/C1=C/C=C1\CCC[C@]2(C)[C@@H]([C@H](C)/C=C/C(=O)C3(OC(=O)O)CC3)CC[C@@H]12. The number of ketones is 1. The van der Waals surface area contributed by atoms with E-state index in [2.05, 4.69) is 66.4 Å². The summed E-state index contributed by atoms with van der Waals surface area (Å²) in [4.78, 5) is 23.7. The van der Waals surface area contributed by atoms with Crippen molar-refractivity contribution in [3.05, 3.63) is 47.6 Å². The molecular weight excluding hydrogens is 516 g/mol. The molecule has 0 spiro atoms. The van der Waals surface area contributed by atoms with Crippen LogP contribution in [0, 0.1) is 23.2 Å². The molecule has 0 aromatic heterocycles. The lowest BCUT2D eigenvalue weighted by molar-refractivity contribution is -0.125. The van der Waals surface area contributed by atoms with Gasteiger partial charge in [-0.15, -0.1) is 0 Å². The molecule has 1 N–H and O–H groups in total. The number of carboxylic acid groups (broad SMARTS) is 1. The van der Waals surface area contributed by atoms with Gasteiger partial charge in [-0.2, -0.15) is 0 Å². The van der Waals surface area contributed by atoms with E-state index in [0.717, 1.165) is 32.1 Å². The summed E-state index contributed by atoms with van der Waals surface area (Å²) in [6.45, 7) is 20.7. The van der Waals surface area contributed by atoms with Crippen LogP contribution in [0.4, 0.5) is 4.79 Å². The molecule has 4 saturated carbocycles. The number of hydrogen-bond acceptors (Lipinski definition) is 4. The van der Waals surface area contributed by atoms with E-state index in [1.54, 1.807) is 11.6 Å². The molecule has 0 heterocycles. The minimum Gasteiger partial charge on any atom is -0.450 e. The molecule has 4 aliphatic carbocycles. The Hall–Kier alpha value is -1.92. The zero-order valence-corrected chi connectivity index (χ0v) is 27.0. The third-order valence-corrected chi connectivity index (χ3v) is 15.6. The van der Waals surface area contributed by atoms with E-state index in [1.807, 2.05) is 6.08 Å². The number of rotatable bonds is 8. The van der Waals surface area contributed by atoms with Crippen LogP contribution in [0.2, 0.25) is 18.1 Å². The smallest absolute Gasteiger partial charge is 0.450 e. The van der Waals surface area contributed by atoms with Crippen molar-refractivity contribution in [1.29, 1.82) is 0 Å². The molecular formula is C34H52O5Si. The summed E-state index contributed by atoms with van der Waals surface area (Å²) in [5, 5.41) is 9.20. The van der Waals surface area contributed by atoms with Crippen molar-refractivity contribution >= 4 is 20.3 Å². The monoisotopic (exact) mass is 568 g/mol. The zero-order chi connectivity index (χ0) is 29.5. The Labute approximate surface area is 243 Å². The number of hydrogen-bond donors (Lipinski definition) is 1. The van der Waals surface area contributed by atoms with Crippen molar-refractivity contribution in [2.75, 3.05) is 0 Å². The van der Waals surface area contributed by atoms with Gasteiger partial charge in [-0.1, -0.05) is 70.6 Å². The van der Waals surface area contributed by atoms with Crippen molar-refractivity contribution < 1.29 is 23.9 Å². The Kier molecular flexibility index (Phi) is 8.84. The Bertz CT molecular complexity index is 1100. The molecule has 222 valence electrons. The zero-order valence-electron chi connectivity index (χ0n) is 26.0. The molecule has 0 radical (unpaired) electrons. The lowest BCUT2D eigenvalue weighted by atomic mass is 9.61. The largest absolute Gasteiger partial charge is 0.506 e. The third kappa shape index (κ3) is 6.43. The first-order chi connectivity index (χ1) is 18.6. The van der Waals surface area contributed by atoms with Crippen LogP contribution in [-0.4, -0.2) is 37.1 Å². The van der Waals surface area contributed by atoms with Crippen LogP contribution in [0.15, 0.2) is 47.6 Å². The molecule has 0 aromatic carbocycles. The maximum absolute atomic E-state index is 12.7. The summed E-state index contributed by atoms with van der Waals surface area (Å²) < 4.78 is 11.7. The van der Waals surface area contributed by atoms with Crippen molar-refractivity contribution in [3.8, 4) is 0 Å². The topological polar surface area (TPSA) is 72.8 Å². The van der Waals surface area contributed by atoms with Crippen molar-refractivity contribution in [2.24, 2.45) is 23.2 Å². The van der Waals surface area contributed by atoms with Crippen LogP contribution in [0.1, 0.15) is 98.8 Å². The summed E-state index contributed by atoms with van der Waals surface area (Å²) in [5.41, 5.74) is 3.27. The molecule has 40 heavy (non-hydrogen) atoms. The first-order valence-corrected chi connectivity index (χ1v) is 18.4. The first-order valence-electron chi connectivity index (χ1n) is 15.5. The molecule has 4 rings (SSSR count). The Morgan fingerprint density at radius 1 is 1.10 bits per heavy atom. The van der Waals surface area contributed by atoms with Gasteiger partial charge in [0.2, 0.25) is 0 Å². The van der Waals surface area contributed by atoms with E-state index in [4.69, 9.17) is 14.3 Å². The van der Waals surface area contributed by atoms with Gasteiger partial charge in [-0.25, -0.2) is 4.79 Å². The van der Waals surface area contributed by atoms with Gasteiger partial charge in [0.05, 0.1) is 0 Å². The van der Waals surface area contributed by atoms with Crippen molar-refractivity contribution in [3.63, 3.8) is 0 Å². The van der Waals surface area contributed by atoms with E-state index >= 15 is 0 Å². The fourth-order valence-electron chi connectivity index (χ4n) is 7.42. The van der Waals surface area contributed by atoms with Crippen LogP contribution < -0.4 is 0 Å². The predicted molar refractivity (Wildman–Crippen MR) is 164 cm³/mol. The molecule has 4 aliphatic rings. The van der Waals surface area contributed by atoms with Crippen molar-refractivity contribution in [1.82, 2.24) is 0 Å². The molecule has 6 heteroatoms. The Balaban J connectivity index is 1.44. The van der Waals surface area contributed by atoms with Gasteiger partial charge >= 0.3 is 6.16 Å². The number of carbonyl (C=O) groups excluding carboxylic acids is 1. The highest BCUT2D eigenvalue weighted by atomic mass is 28.4. The summed E-state index contributed by atoms with van der Waals surface area (Å²) in [6, 6.07) is 0. The van der Waals surface area contributed by atoms with Gasteiger partial charge in [0.15, 0.2) is 19.7 Å². The molecule has 0 amide bonds. The number of ether oxygens (including phenoxy) is 1. The number of fused-ring (bicyclic) bond motifs is 1. The second kappa shape index (κ2) is 11.4. The minimum absolute atomic E-state index is 0.208. The average molecular weight is 569 g/mol. The highest BCUT2D eigenvalue weighted by molar-refractivity contribution is 6.74. The molecule has 0 bridgehead atoms. The average Bonchev–Trinajstić information content (AvgIpc) is 3.53. The van der Waals surface area contributed by atoms with Crippen LogP contribution in [0.3, 0.4) is 0 Å². The molecule has 0 saturated heterocycles. The fraction of sp³-hybridized carbons (Fsp3) is 0.706. The fourth-order valence-corrected chi connectivity index (χ4v) is 8.81. The maximum atomic E-state index is 12.7. The third-order valence-electron chi connectivity index (χ3n) is 11.1. The van der Waals surface area contributed by atoms with Crippen LogP contribution in [0.25, 0.3) is 0 Å². The molecule has 5 atom stereocenters. The first kappa shape index (κ1) is 31.0. The van der Waals surface area contributed by atoms with E-state index in [9.17, 15) is 9.59 Å². The molecule has 0 aromatic rings. The Morgan fingerprint density at radius 3 is 2.42 bits per heavy atom. The van der Waals surface area contributed by atoms with E-state index < -0.39 is 20.1 Å². The minimum atomic E-state index is -1.81. The normalized spacial score (nSPS) is 33.3. The lowest BCUT2D eigenvalue weighted by Crippen LogP contribution is -2.44. The Morgan fingerprint density at radius 2 is 1.80 bits per heavy atom. The quantitative estimate of drug-likeness (QED) is 0.179. The van der Waals surface area contributed by atoms with Crippen LogP contribution >= 0.6 is 0 Å². The van der Waals surface area contributed by atoms with Gasteiger partial charge in [0.1, 0.15) is 0 Å². The standard InChI is InChI=1S/C34H52O5Si/c1-23-11-15-27(39-40(7,8)32(3,4)5)22-26(23)14-13-25-10-9-19-33(6)28(16-17-29(25)33)24(2)12-18-30(35)34(20-21-34)38-31(36)37/h12-14,18,24,27-29H,1,9-11,15-17,19-22H2,2-8H3,(H,36,37)/b18-12+,25-13+,26-14-/t24-,27+,28-,29+,33-/m1/s1. The highest BCUT2D eigenvalue weighted by Crippen LogP contribution is 2.59. The predicted octanol–water partition coefficient (Wildman–Crippen LogP) is 9.17. The summed E-state index contributed by atoms with van der Waals surface area (Å²) in [7, 11) is -1.81. The highest BCUT2D eigenvalue weighted by Gasteiger charge is 2.53. The summed E-state index contributed by atoms with van der Waals surface area (Å²) >= 11 is 0. The van der Waals surface area contributed by atoms with Gasteiger partial charge < -0.3 is 14.3 Å². The van der Waals surface area contributed by atoms with E-state index in [1.165, 1.54) is 30.4 Å². The molecule has 0 unspecified atom stereocenters. The number of allylic oxidation sites excluding steroid dienone is 5. The van der Waals surface area contributed by atoms with E-state index in [-0.39, 0.29) is 28.3 Å². The summed E-state index contributed by atoms with van der Waals surface area (Å²) in [6.07, 6.45) is 17.2. The second-order valence-electron chi connectivity index (χ2n) is 14.8. The van der Waals surface area contributed by atoms with Crippen molar-refractivity contribution in [2.45, 2.75) is 129 Å². The van der Waals surface area contributed by atoms with Gasteiger partial charge in [-0.3, -0.25) is 4.79 Å². The van der Waals surface area contributed by atoms with Crippen LogP contribution in [0.5, 0.6) is 0 Å². The van der Waals surface area contributed by atoms with Gasteiger partial charge in [-0.05, 0) is 117 Å². The molecule has 4 fully saturated rings. The number of carbonyl (C=O) groups is 2. The van der Waals surface area contributed by atoms with Crippen LogP contribution in [-0.2, 0) is 14.0 Å². The summed E-state index contributed by atoms with van der Waals surface area (Å²) in [5.74, 6) is 1.11. The van der Waals surface area contributed by atoms with Gasteiger partial charge in [0.25, 0.3) is 0 Å². The van der Waals surface area contributed by atoms with E-state index in [0.29, 0.717) is 24.7 Å². The maximum Gasteiger partial charge on any atom is 0.506 e. The lowest BCUT2D eigenvalue weighted by Gasteiger charge is -2.44. The second-order valence-corrected chi connectivity index (χ2v) is 19.6.